The fourth-order valence-electron chi connectivity index (χ4n) is 4.73. The van der Waals surface area contributed by atoms with E-state index in [1.54, 1.807) is 13.2 Å². The van der Waals surface area contributed by atoms with Crippen molar-refractivity contribution in [1.29, 1.82) is 0 Å². The van der Waals surface area contributed by atoms with Gasteiger partial charge >= 0.3 is 0 Å². The van der Waals surface area contributed by atoms with Crippen LogP contribution in [0.5, 0.6) is 11.5 Å². The number of phenols is 1. The smallest absolute Gasteiger partial charge is 0.120 e. The summed E-state index contributed by atoms with van der Waals surface area (Å²) in [6.07, 6.45) is 6.15. The summed E-state index contributed by atoms with van der Waals surface area (Å²) in [4.78, 5) is 0. The van der Waals surface area contributed by atoms with Crippen LogP contribution in [0.15, 0.2) is 60.7 Å². The van der Waals surface area contributed by atoms with Crippen molar-refractivity contribution in [3.8, 4) is 11.5 Å². The molecule has 0 heterocycles. The van der Waals surface area contributed by atoms with Crippen LogP contribution < -0.4 is 15.8 Å². The number of anilines is 1. The minimum atomic E-state index is 0.364. The summed E-state index contributed by atoms with van der Waals surface area (Å²) in [6.45, 7) is 1.61. The Kier molecular flexibility index (Phi) is 7.33. The Bertz CT molecular complexity index is 1030. The molecule has 1 aliphatic rings. The Morgan fingerprint density at radius 1 is 0.969 bits per heavy atom. The van der Waals surface area contributed by atoms with E-state index in [0.29, 0.717) is 18.2 Å². The molecule has 168 valence electrons. The van der Waals surface area contributed by atoms with Gasteiger partial charge < -0.3 is 20.9 Å². The van der Waals surface area contributed by atoms with Gasteiger partial charge in [0.15, 0.2) is 0 Å². The fraction of sp³-hybridized carbons (Fsp3) is 0.357. The number of benzene rings is 3. The maximum absolute atomic E-state index is 9.78. The van der Waals surface area contributed by atoms with Crippen LogP contribution in [0.4, 0.5) is 5.69 Å². The van der Waals surface area contributed by atoms with Gasteiger partial charge in [-0.2, -0.15) is 0 Å². The van der Waals surface area contributed by atoms with Gasteiger partial charge in [0.25, 0.3) is 0 Å². The van der Waals surface area contributed by atoms with Crippen molar-refractivity contribution in [2.45, 2.75) is 44.4 Å². The molecule has 0 saturated heterocycles. The lowest BCUT2D eigenvalue weighted by atomic mass is 9.79. The van der Waals surface area contributed by atoms with E-state index in [0.717, 1.165) is 50.8 Å². The summed E-state index contributed by atoms with van der Waals surface area (Å²) >= 11 is 0. The first-order valence-corrected chi connectivity index (χ1v) is 11.7. The van der Waals surface area contributed by atoms with Crippen LogP contribution in [0.3, 0.4) is 0 Å². The molecule has 3 aromatic rings. The van der Waals surface area contributed by atoms with Gasteiger partial charge in [-0.1, -0.05) is 36.4 Å². The number of hydrogen-bond acceptors (Lipinski definition) is 4. The van der Waals surface area contributed by atoms with Crippen molar-refractivity contribution in [2.24, 2.45) is 5.73 Å². The van der Waals surface area contributed by atoms with Crippen molar-refractivity contribution >= 4 is 5.69 Å². The second-order valence-corrected chi connectivity index (χ2v) is 8.73. The molecule has 3 aromatic carbocycles. The minimum Gasteiger partial charge on any atom is -0.508 e. The quantitative estimate of drug-likeness (QED) is 0.407. The van der Waals surface area contributed by atoms with Crippen molar-refractivity contribution in [1.82, 2.24) is 0 Å². The van der Waals surface area contributed by atoms with E-state index in [2.05, 4.69) is 53.8 Å². The molecule has 32 heavy (non-hydrogen) atoms. The molecule has 0 amide bonds. The average molecular weight is 431 g/mol. The Morgan fingerprint density at radius 2 is 1.75 bits per heavy atom. The van der Waals surface area contributed by atoms with Crippen molar-refractivity contribution < 1.29 is 9.84 Å². The van der Waals surface area contributed by atoms with Gasteiger partial charge in [0.2, 0.25) is 0 Å². The zero-order chi connectivity index (χ0) is 22.3. The molecule has 0 saturated carbocycles. The van der Waals surface area contributed by atoms with Gasteiger partial charge in [-0.25, -0.2) is 0 Å². The number of rotatable bonds is 9. The lowest BCUT2D eigenvalue weighted by Crippen LogP contribution is -2.15. The highest BCUT2D eigenvalue weighted by atomic mass is 16.5. The highest BCUT2D eigenvalue weighted by Crippen LogP contribution is 2.38. The van der Waals surface area contributed by atoms with Crippen molar-refractivity contribution in [3.63, 3.8) is 0 Å². The van der Waals surface area contributed by atoms with E-state index in [1.165, 1.54) is 33.5 Å². The van der Waals surface area contributed by atoms with Crippen LogP contribution in [0.25, 0.3) is 0 Å². The first-order chi connectivity index (χ1) is 15.7. The van der Waals surface area contributed by atoms with Crippen LogP contribution in [0.1, 0.15) is 46.6 Å². The second kappa shape index (κ2) is 10.6. The van der Waals surface area contributed by atoms with Gasteiger partial charge in [-0.3, -0.25) is 0 Å². The molecule has 0 bridgehead atoms. The number of aryl methyl sites for hydroxylation is 2. The number of nitrogens with two attached hydrogens (primary N) is 1. The summed E-state index contributed by atoms with van der Waals surface area (Å²) in [5, 5.41) is 13.5. The highest BCUT2D eigenvalue weighted by molar-refractivity contribution is 5.57. The van der Waals surface area contributed by atoms with Gasteiger partial charge in [0.05, 0.1) is 7.11 Å². The topological polar surface area (TPSA) is 67.5 Å². The average Bonchev–Trinajstić information content (AvgIpc) is 2.82. The molecule has 1 unspecified atom stereocenters. The highest BCUT2D eigenvalue weighted by Gasteiger charge is 2.23. The lowest BCUT2D eigenvalue weighted by molar-refractivity contribution is 0.414. The monoisotopic (exact) mass is 430 g/mol. The van der Waals surface area contributed by atoms with E-state index in [-0.39, 0.29) is 0 Å². The van der Waals surface area contributed by atoms with Crippen LogP contribution in [0, 0.1) is 0 Å². The minimum absolute atomic E-state index is 0.364. The van der Waals surface area contributed by atoms with Gasteiger partial charge in [0, 0.05) is 18.3 Å². The third-order valence-electron chi connectivity index (χ3n) is 6.53. The summed E-state index contributed by atoms with van der Waals surface area (Å²) in [7, 11) is 1.72. The first-order valence-electron chi connectivity index (χ1n) is 11.7. The summed E-state index contributed by atoms with van der Waals surface area (Å²) in [5.74, 6) is 1.71. The number of fused-ring (bicyclic) bond motifs is 1. The summed E-state index contributed by atoms with van der Waals surface area (Å²) in [5.41, 5.74) is 13.5. The molecule has 1 atom stereocenters. The largest absolute Gasteiger partial charge is 0.508 e. The Morgan fingerprint density at radius 3 is 2.50 bits per heavy atom. The summed E-state index contributed by atoms with van der Waals surface area (Å²) in [6, 6.07) is 21.0. The maximum Gasteiger partial charge on any atom is 0.120 e. The zero-order valence-corrected chi connectivity index (χ0v) is 18.9. The molecule has 4 nitrogen and oxygen atoms in total. The van der Waals surface area contributed by atoms with Crippen LogP contribution >= 0.6 is 0 Å². The maximum atomic E-state index is 9.78. The molecular formula is C28H34N2O2. The molecule has 0 spiro atoms. The van der Waals surface area contributed by atoms with Crippen molar-refractivity contribution in [2.75, 3.05) is 25.5 Å². The van der Waals surface area contributed by atoms with E-state index in [1.807, 2.05) is 6.07 Å². The molecule has 4 rings (SSSR count). The Balaban J connectivity index is 1.40. The summed E-state index contributed by atoms with van der Waals surface area (Å²) < 4.78 is 5.50. The van der Waals surface area contributed by atoms with E-state index >= 15 is 0 Å². The Labute approximate surface area is 191 Å². The molecule has 4 heteroatoms. The van der Waals surface area contributed by atoms with E-state index in [4.69, 9.17) is 10.5 Å². The van der Waals surface area contributed by atoms with Gasteiger partial charge in [0.1, 0.15) is 11.5 Å². The second-order valence-electron chi connectivity index (χ2n) is 8.73. The Hall–Kier alpha value is -2.98. The normalized spacial score (nSPS) is 15.2. The van der Waals surface area contributed by atoms with Crippen LogP contribution in [0.2, 0.25) is 0 Å². The predicted molar refractivity (Wildman–Crippen MR) is 132 cm³/mol. The van der Waals surface area contributed by atoms with E-state index in [9.17, 15) is 5.11 Å². The van der Waals surface area contributed by atoms with E-state index < -0.39 is 0 Å². The number of methoxy groups -OCH3 is 1. The number of ether oxygens (including phenoxy) is 1. The number of hydrogen-bond donors (Lipinski definition) is 3. The number of aromatic hydroxyl groups is 1. The molecule has 0 aliphatic heterocycles. The standard InChI is InChI=1S/C28H34N2O2/c1-32-26-12-13-27(24-9-8-23-18-25(31)11-10-22(23)17-24)28(19-26)30-16-2-3-20-4-6-21(7-5-20)14-15-29/h4-7,10-13,18-19,24,30-31H,2-3,8-9,14-17,29H2,1H3. The number of nitrogens with one attached hydrogen (secondary N) is 1. The fourth-order valence-corrected chi connectivity index (χ4v) is 4.73. The molecule has 0 radical (unpaired) electrons. The SMILES string of the molecule is COc1ccc(C2CCc3cc(O)ccc3C2)c(NCCCc2ccc(CCN)cc2)c1. The predicted octanol–water partition coefficient (Wildman–Crippen LogP) is 5.22. The molecule has 0 aromatic heterocycles. The molecule has 1 aliphatic carbocycles. The number of phenolic OH excluding ortho intramolecular Hbond substituents is 1. The third kappa shape index (κ3) is 5.43. The van der Waals surface area contributed by atoms with Crippen molar-refractivity contribution in [3.05, 3.63) is 88.5 Å². The van der Waals surface area contributed by atoms with Crippen LogP contribution in [-0.2, 0) is 25.7 Å². The lowest BCUT2D eigenvalue weighted by Gasteiger charge is -2.27. The molecule has 4 N–H and O–H groups in total. The third-order valence-corrected chi connectivity index (χ3v) is 6.53. The zero-order valence-electron chi connectivity index (χ0n) is 18.9. The molecular weight excluding hydrogens is 396 g/mol. The van der Waals surface area contributed by atoms with Crippen LogP contribution in [-0.4, -0.2) is 25.3 Å². The van der Waals surface area contributed by atoms with Gasteiger partial charge in [-0.15, -0.1) is 0 Å². The first kappa shape index (κ1) is 22.2. The molecule has 0 fully saturated rings. The van der Waals surface area contributed by atoms with Gasteiger partial charge in [-0.05, 0) is 97.0 Å².